The second-order valence-electron chi connectivity index (χ2n) is 8.88. The first-order chi connectivity index (χ1) is 16.3. The van der Waals surface area contributed by atoms with E-state index in [1.807, 2.05) is 49.4 Å². The van der Waals surface area contributed by atoms with Crippen molar-refractivity contribution in [1.29, 1.82) is 0 Å². The summed E-state index contributed by atoms with van der Waals surface area (Å²) in [6.45, 7) is 2.16. The maximum atomic E-state index is 13.0. The molecule has 0 bridgehead atoms. The standard InChI is InChI=1S/C27H27ClO6/c1-27(26(31)33-16-18-8-5-7-17-6-3-4-9-20(17)18)12-10-19(11-13-27)34-24-14-21(25(29)30)23(32-2)15-22(24)28/h3-9,14-15,19H,10-13,16H2,1-2H3,(H,29,30). The largest absolute Gasteiger partial charge is 0.496 e. The normalized spacial score (nSPS) is 20.0. The van der Waals surface area contributed by atoms with Crippen molar-refractivity contribution in [2.45, 2.75) is 45.3 Å². The minimum absolute atomic E-state index is 0.0143. The summed E-state index contributed by atoms with van der Waals surface area (Å²) in [4.78, 5) is 24.5. The lowest BCUT2D eigenvalue weighted by Gasteiger charge is -2.35. The van der Waals surface area contributed by atoms with Crippen LogP contribution in [0.15, 0.2) is 54.6 Å². The molecule has 0 radical (unpaired) electrons. The number of methoxy groups -OCH3 is 1. The number of hydrogen-bond acceptors (Lipinski definition) is 5. The van der Waals surface area contributed by atoms with Crippen molar-refractivity contribution in [3.63, 3.8) is 0 Å². The molecule has 0 saturated heterocycles. The number of fused-ring (bicyclic) bond motifs is 1. The van der Waals surface area contributed by atoms with Crippen LogP contribution in [0.2, 0.25) is 5.02 Å². The fraction of sp³-hybridized carbons (Fsp3) is 0.333. The highest BCUT2D eigenvalue weighted by molar-refractivity contribution is 6.32. The Bertz CT molecular complexity index is 1210. The highest BCUT2D eigenvalue weighted by atomic mass is 35.5. The molecule has 34 heavy (non-hydrogen) atoms. The van der Waals surface area contributed by atoms with E-state index in [9.17, 15) is 14.7 Å². The van der Waals surface area contributed by atoms with E-state index in [0.717, 1.165) is 16.3 Å². The molecule has 0 aromatic heterocycles. The summed E-state index contributed by atoms with van der Waals surface area (Å²) in [6.07, 6.45) is 2.29. The van der Waals surface area contributed by atoms with E-state index in [1.54, 1.807) is 0 Å². The first kappa shape index (κ1) is 23.9. The van der Waals surface area contributed by atoms with E-state index in [1.165, 1.54) is 19.2 Å². The fourth-order valence-electron chi connectivity index (χ4n) is 4.43. The lowest BCUT2D eigenvalue weighted by Crippen LogP contribution is -2.37. The van der Waals surface area contributed by atoms with Gasteiger partial charge in [-0.1, -0.05) is 54.1 Å². The summed E-state index contributed by atoms with van der Waals surface area (Å²) in [6, 6.07) is 16.8. The van der Waals surface area contributed by atoms with Gasteiger partial charge in [-0.25, -0.2) is 4.79 Å². The van der Waals surface area contributed by atoms with Gasteiger partial charge in [-0.05, 0) is 55.0 Å². The summed E-state index contributed by atoms with van der Waals surface area (Å²) in [5, 5.41) is 11.9. The first-order valence-corrected chi connectivity index (χ1v) is 11.6. The van der Waals surface area contributed by atoms with Crippen LogP contribution in [0.4, 0.5) is 0 Å². The summed E-state index contributed by atoms with van der Waals surface area (Å²) in [5.74, 6) is -0.861. The highest BCUT2D eigenvalue weighted by Gasteiger charge is 2.39. The van der Waals surface area contributed by atoms with Gasteiger partial charge in [0.05, 0.1) is 23.7 Å². The summed E-state index contributed by atoms with van der Waals surface area (Å²) in [5.41, 5.74) is 0.371. The molecule has 0 heterocycles. The molecule has 4 rings (SSSR count). The van der Waals surface area contributed by atoms with Crippen molar-refractivity contribution < 1.29 is 28.9 Å². The number of carbonyl (C=O) groups is 2. The molecule has 3 aromatic rings. The van der Waals surface area contributed by atoms with Gasteiger partial charge in [0, 0.05) is 6.07 Å². The molecule has 0 atom stereocenters. The summed E-state index contributed by atoms with van der Waals surface area (Å²) in [7, 11) is 1.39. The zero-order chi connectivity index (χ0) is 24.3. The van der Waals surface area contributed by atoms with Crippen LogP contribution < -0.4 is 9.47 Å². The first-order valence-electron chi connectivity index (χ1n) is 11.2. The van der Waals surface area contributed by atoms with E-state index >= 15 is 0 Å². The fourth-order valence-corrected chi connectivity index (χ4v) is 4.63. The minimum Gasteiger partial charge on any atom is -0.496 e. The Morgan fingerprint density at radius 2 is 1.76 bits per heavy atom. The van der Waals surface area contributed by atoms with Gasteiger partial charge >= 0.3 is 11.9 Å². The number of esters is 1. The molecule has 6 nitrogen and oxygen atoms in total. The molecular weight excluding hydrogens is 456 g/mol. The van der Waals surface area contributed by atoms with E-state index in [-0.39, 0.29) is 35.0 Å². The molecule has 1 saturated carbocycles. The van der Waals surface area contributed by atoms with Crippen LogP contribution in [0.25, 0.3) is 10.8 Å². The molecular formula is C27H27ClO6. The second-order valence-corrected chi connectivity index (χ2v) is 9.29. The SMILES string of the molecule is COc1cc(Cl)c(OC2CCC(C)(C(=O)OCc3cccc4ccccc34)CC2)cc1C(=O)O. The molecule has 178 valence electrons. The third-order valence-electron chi connectivity index (χ3n) is 6.55. The lowest BCUT2D eigenvalue weighted by atomic mass is 9.74. The van der Waals surface area contributed by atoms with Gasteiger partial charge in [0.2, 0.25) is 0 Å². The summed E-state index contributed by atoms with van der Waals surface area (Å²) < 4.78 is 16.9. The average molecular weight is 483 g/mol. The maximum Gasteiger partial charge on any atom is 0.339 e. The average Bonchev–Trinajstić information content (AvgIpc) is 2.84. The molecule has 0 aliphatic heterocycles. The number of benzene rings is 3. The van der Waals surface area contributed by atoms with Crippen LogP contribution in [-0.4, -0.2) is 30.3 Å². The lowest BCUT2D eigenvalue weighted by molar-refractivity contribution is -0.159. The van der Waals surface area contributed by atoms with Gasteiger partial charge in [0.1, 0.15) is 23.7 Å². The van der Waals surface area contributed by atoms with Gasteiger partial charge in [-0.2, -0.15) is 0 Å². The molecule has 7 heteroatoms. The molecule has 3 aromatic carbocycles. The Balaban J connectivity index is 1.37. The Kier molecular flexibility index (Phi) is 6.98. The molecule has 1 aliphatic carbocycles. The van der Waals surface area contributed by atoms with Crippen molar-refractivity contribution in [3.05, 3.63) is 70.7 Å². The molecule has 1 aliphatic rings. The van der Waals surface area contributed by atoms with Crippen molar-refractivity contribution >= 4 is 34.3 Å². The number of carbonyl (C=O) groups excluding carboxylic acids is 1. The van der Waals surface area contributed by atoms with E-state index in [0.29, 0.717) is 31.4 Å². The predicted octanol–water partition coefficient (Wildman–Crippen LogP) is 6.27. The third-order valence-corrected chi connectivity index (χ3v) is 6.84. The quantitative estimate of drug-likeness (QED) is 0.399. The predicted molar refractivity (Wildman–Crippen MR) is 130 cm³/mol. The molecule has 0 unspecified atom stereocenters. The zero-order valence-electron chi connectivity index (χ0n) is 19.2. The smallest absolute Gasteiger partial charge is 0.339 e. The number of carboxylic acid groups (broad SMARTS) is 1. The van der Waals surface area contributed by atoms with Crippen LogP contribution in [0.3, 0.4) is 0 Å². The van der Waals surface area contributed by atoms with Crippen LogP contribution in [0, 0.1) is 5.41 Å². The van der Waals surface area contributed by atoms with Crippen molar-refractivity contribution in [3.8, 4) is 11.5 Å². The van der Waals surface area contributed by atoms with Crippen molar-refractivity contribution in [2.75, 3.05) is 7.11 Å². The molecule has 1 N–H and O–H groups in total. The van der Waals surface area contributed by atoms with Gasteiger partial charge in [0.15, 0.2) is 0 Å². The molecule has 0 amide bonds. The number of halogens is 1. The molecule has 0 spiro atoms. The van der Waals surface area contributed by atoms with E-state index in [4.69, 9.17) is 25.8 Å². The van der Waals surface area contributed by atoms with Crippen molar-refractivity contribution in [2.24, 2.45) is 5.41 Å². The number of rotatable bonds is 7. The van der Waals surface area contributed by atoms with Gasteiger partial charge in [0.25, 0.3) is 0 Å². The van der Waals surface area contributed by atoms with Crippen LogP contribution in [0.1, 0.15) is 48.5 Å². The summed E-state index contributed by atoms with van der Waals surface area (Å²) >= 11 is 6.28. The second kappa shape index (κ2) is 9.94. The monoisotopic (exact) mass is 482 g/mol. The Labute approximate surface area is 203 Å². The Morgan fingerprint density at radius 3 is 2.47 bits per heavy atom. The van der Waals surface area contributed by atoms with Crippen LogP contribution in [-0.2, 0) is 16.1 Å². The Hall–Kier alpha value is -3.25. The van der Waals surface area contributed by atoms with Gasteiger partial charge < -0.3 is 19.3 Å². The molecule has 1 fully saturated rings. The highest BCUT2D eigenvalue weighted by Crippen LogP contribution is 2.40. The van der Waals surface area contributed by atoms with Crippen LogP contribution >= 0.6 is 11.6 Å². The number of hydrogen-bond donors (Lipinski definition) is 1. The van der Waals surface area contributed by atoms with E-state index < -0.39 is 11.4 Å². The zero-order valence-corrected chi connectivity index (χ0v) is 19.9. The topological polar surface area (TPSA) is 82.1 Å². The number of ether oxygens (including phenoxy) is 3. The minimum atomic E-state index is -1.12. The van der Waals surface area contributed by atoms with Gasteiger partial charge in [-0.15, -0.1) is 0 Å². The number of aromatic carboxylic acids is 1. The maximum absolute atomic E-state index is 13.0. The van der Waals surface area contributed by atoms with Crippen molar-refractivity contribution in [1.82, 2.24) is 0 Å². The van der Waals surface area contributed by atoms with E-state index in [2.05, 4.69) is 0 Å². The van der Waals surface area contributed by atoms with Gasteiger partial charge in [-0.3, -0.25) is 4.79 Å². The number of carboxylic acids is 1. The Morgan fingerprint density at radius 1 is 1.06 bits per heavy atom. The third kappa shape index (κ3) is 4.97. The van der Waals surface area contributed by atoms with Crippen LogP contribution in [0.5, 0.6) is 11.5 Å².